The van der Waals surface area contributed by atoms with Crippen LogP contribution in [0.1, 0.15) is 22.2 Å². The standard InChI is InChI=1S/C18H18N2O4/c21-17(20-10-12-23-13-11-20)16(14-6-2-1-3-7-14)24-18(22)15-8-4-5-9-19-15/h1-9,16H,10-13H2/t16-/m1/s1. The first kappa shape index (κ1) is 16.1. The number of carbonyl (C=O) groups is 2. The summed E-state index contributed by atoms with van der Waals surface area (Å²) in [7, 11) is 0. The molecule has 0 spiro atoms. The minimum absolute atomic E-state index is 0.174. The van der Waals surface area contributed by atoms with Crippen molar-refractivity contribution in [3.05, 3.63) is 66.0 Å². The summed E-state index contributed by atoms with van der Waals surface area (Å²) in [4.78, 5) is 30.8. The fraction of sp³-hybridized carbons (Fsp3) is 0.278. The monoisotopic (exact) mass is 326 g/mol. The number of carbonyl (C=O) groups excluding carboxylic acids is 2. The van der Waals surface area contributed by atoms with Crippen LogP contribution in [0.25, 0.3) is 0 Å². The highest BCUT2D eigenvalue weighted by molar-refractivity contribution is 5.91. The second-order valence-corrected chi connectivity index (χ2v) is 5.35. The Kier molecular flexibility index (Phi) is 5.18. The van der Waals surface area contributed by atoms with Gasteiger partial charge in [-0.15, -0.1) is 0 Å². The summed E-state index contributed by atoms with van der Waals surface area (Å²) in [6.07, 6.45) is 0.525. The number of benzene rings is 1. The van der Waals surface area contributed by atoms with Crippen molar-refractivity contribution in [2.24, 2.45) is 0 Å². The molecule has 1 aliphatic rings. The van der Waals surface area contributed by atoms with Crippen LogP contribution in [0, 0.1) is 0 Å². The predicted octanol–water partition coefficient (Wildman–Crippen LogP) is 1.84. The average Bonchev–Trinajstić information content (AvgIpc) is 2.67. The van der Waals surface area contributed by atoms with E-state index in [1.807, 2.05) is 18.2 Å². The second-order valence-electron chi connectivity index (χ2n) is 5.35. The topological polar surface area (TPSA) is 68.7 Å². The molecule has 124 valence electrons. The largest absolute Gasteiger partial charge is 0.443 e. The van der Waals surface area contributed by atoms with Gasteiger partial charge in [-0.3, -0.25) is 4.79 Å². The minimum atomic E-state index is -0.987. The van der Waals surface area contributed by atoms with E-state index < -0.39 is 12.1 Å². The third-order valence-electron chi connectivity index (χ3n) is 3.75. The smallest absolute Gasteiger partial charge is 0.358 e. The van der Waals surface area contributed by atoms with E-state index in [1.165, 1.54) is 6.20 Å². The lowest BCUT2D eigenvalue weighted by atomic mass is 10.1. The maximum Gasteiger partial charge on any atom is 0.358 e. The Morgan fingerprint density at radius 1 is 1.04 bits per heavy atom. The number of amides is 1. The molecule has 0 aliphatic carbocycles. The number of hydrogen-bond acceptors (Lipinski definition) is 5. The number of nitrogens with zero attached hydrogens (tertiary/aromatic N) is 2. The Morgan fingerprint density at radius 2 is 1.75 bits per heavy atom. The second kappa shape index (κ2) is 7.70. The van der Waals surface area contributed by atoms with E-state index >= 15 is 0 Å². The van der Waals surface area contributed by atoms with Gasteiger partial charge in [-0.2, -0.15) is 0 Å². The zero-order valence-electron chi connectivity index (χ0n) is 13.1. The quantitative estimate of drug-likeness (QED) is 0.802. The van der Waals surface area contributed by atoms with Gasteiger partial charge in [0.1, 0.15) is 5.69 Å². The Bertz CT molecular complexity index is 685. The van der Waals surface area contributed by atoms with E-state index in [-0.39, 0.29) is 11.6 Å². The van der Waals surface area contributed by atoms with Crippen LogP contribution in [0.5, 0.6) is 0 Å². The summed E-state index contributed by atoms with van der Waals surface area (Å²) < 4.78 is 10.8. The van der Waals surface area contributed by atoms with Crippen molar-refractivity contribution >= 4 is 11.9 Å². The van der Waals surface area contributed by atoms with Crippen LogP contribution in [0.4, 0.5) is 0 Å². The molecule has 1 amide bonds. The molecule has 0 bridgehead atoms. The molecule has 1 fully saturated rings. The Morgan fingerprint density at radius 3 is 2.42 bits per heavy atom. The van der Waals surface area contributed by atoms with E-state index in [4.69, 9.17) is 9.47 Å². The van der Waals surface area contributed by atoms with Crippen molar-refractivity contribution in [2.75, 3.05) is 26.3 Å². The molecule has 1 aliphatic heterocycles. The molecule has 1 atom stereocenters. The first-order valence-corrected chi connectivity index (χ1v) is 7.79. The van der Waals surface area contributed by atoms with Gasteiger partial charge >= 0.3 is 5.97 Å². The highest BCUT2D eigenvalue weighted by atomic mass is 16.5. The van der Waals surface area contributed by atoms with Gasteiger partial charge in [0.25, 0.3) is 5.91 Å². The molecule has 6 heteroatoms. The lowest BCUT2D eigenvalue weighted by molar-refractivity contribution is -0.145. The molecule has 0 unspecified atom stereocenters. The number of ether oxygens (including phenoxy) is 2. The molecular formula is C18H18N2O4. The lowest BCUT2D eigenvalue weighted by Gasteiger charge is -2.30. The maximum atomic E-state index is 12.8. The first-order valence-electron chi connectivity index (χ1n) is 7.79. The molecule has 1 saturated heterocycles. The van der Waals surface area contributed by atoms with Crippen LogP contribution in [-0.2, 0) is 14.3 Å². The van der Waals surface area contributed by atoms with Crippen LogP contribution in [0.15, 0.2) is 54.7 Å². The Hall–Kier alpha value is -2.73. The predicted molar refractivity (Wildman–Crippen MR) is 86.2 cm³/mol. The van der Waals surface area contributed by atoms with Gasteiger partial charge in [-0.1, -0.05) is 36.4 Å². The van der Waals surface area contributed by atoms with Gasteiger partial charge in [0.05, 0.1) is 13.2 Å². The van der Waals surface area contributed by atoms with Gasteiger partial charge in [0.2, 0.25) is 6.10 Å². The van der Waals surface area contributed by atoms with Gasteiger partial charge in [-0.05, 0) is 12.1 Å². The highest BCUT2D eigenvalue weighted by Crippen LogP contribution is 2.22. The number of aromatic nitrogens is 1. The molecule has 24 heavy (non-hydrogen) atoms. The normalized spacial score (nSPS) is 15.6. The van der Waals surface area contributed by atoms with Crippen LogP contribution in [0.3, 0.4) is 0 Å². The van der Waals surface area contributed by atoms with E-state index in [0.29, 0.717) is 31.9 Å². The first-order chi connectivity index (χ1) is 11.8. The van der Waals surface area contributed by atoms with Crippen molar-refractivity contribution in [1.29, 1.82) is 0 Å². The van der Waals surface area contributed by atoms with Gasteiger partial charge in [-0.25, -0.2) is 9.78 Å². The molecule has 1 aromatic carbocycles. The van der Waals surface area contributed by atoms with Crippen LogP contribution in [0.2, 0.25) is 0 Å². The SMILES string of the molecule is O=C(O[C@@H](C(=O)N1CCOCC1)c1ccccc1)c1ccccn1. The molecule has 2 heterocycles. The minimum Gasteiger partial charge on any atom is -0.443 e. The number of morpholine rings is 1. The summed E-state index contributed by atoms with van der Waals surface area (Å²) >= 11 is 0. The number of hydrogen-bond donors (Lipinski definition) is 0. The fourth-order valence-electron chi connectivity index (χ4n) is 2.49. The lowest BCUT2D eigenvalue weighted by Crippen LogP contribution is -2.44. The number of pyridine rings is 1. The van der Waals surface area contributed by atoms with Gasteiger partial charge in [0, 0.05) is 24.8 Å². The van der Waals surface area contributed by atoms with E-state index in [9.17, 15) is 9.59 Å². The number of esters is 1. The molecule has 0 N–H and O–H groups in total. The average molecular weight is 326 g/mol. The van der Waals surface area contributed by atoms with Crippen LogP contribution < -0.4 is 0 Å². The maximum absolute atomic E-state index is 12.8. The van der Waals surface area contributed by atoms with E-state index in [1.54, 1.807) is 35.2 Å². The van der Waals surface area contributed by atoms with Gasteiger partial charge < -0.3 is 14.4 Å². The highest BCUT2D eigenvalue weighted by Gasteiger charge is 2.31. The summed E-state index contributed by atoms with van der Waals surface area (Å²) in [6.45, 7) is 1.95. The summed E-state index contributed by atoms with van der Waals surface area (Å²) in [5.74, 6) is -0.861. The molecule has 0 saturated carbocycles. The van der Waals surface area contributed by atoms with Crippen LogP contribution in [-0.4, -0.2) is 48.1 Å². The molecule has 2 aromatic rings. The fourth-order valence-corrected chi connectivity index (χ4v) is 2.49. The Balaban J connectivity index is 1.82. The molecular weight excluding hydrogens is 308 g/mol. The third kappa shape index (κ3) is 3.78. The molecule has 0 radical (unpaired) electrons. The van der Waals surface area contributed by atoms with Crippen molar-refractivity contribution in [1.82, 2.24) is 9.88 Å². The van der Waals surface area contributed by atoms with Gasteiger partial charge in [0.15, 0.2) is 0 Å². The summed E-state index contributed by atoms with van der Waals surface area (Å²) in [6, 6.07) is 14.0. The third-order valence-corrected chi connectivity index (χ3v) is 3.75. The zero-order valence-corrected chi connectivity index (χ0v) is 13.1. The van der Waals surface area contributed by atoms with Crippen molar-refractivity contribution < 1.29 is 19.1 Å². The summed E-state index contributed by atoms with van der Waals surface area (Å²) in [5.41, 5.74) is 0.812. The van der Waals surface area contributed by atoms with Crippen molar-refractivity contribution in [3.63, 3.8) is 0 Å². The molecule has 6 nitrogen and oxygen atoms in total. The van der Waals surface area contributed by atoms with Crippen molar-refractivity contribution in [3.8, 4) is 0 Å². The molecule has 1 aromatic heterocycles. The van der Waals surface area contributed by atoms with Crippen molar-refractivity contribution in [2.45, 2.75) is 6.10 Å². The molecule has 3 rings (SSSR count). The zero-order chi connectivity index (χ0) is 16.8. The Labute approximate surface area is 140 Å². The van der Waals surface area contributed by atoms with E-state index in [0.717, 1.165) is 0 Å². The van der Waals surface area contributed by atoms with Crippen LogP contribution >= 0.6 is 0 Å². The summed E-state index contributed by atoms with van der Waals surface area (Å²) in [5, 5.41) is 0. The number of rotatable bonds is 4. The van der Waals surface area contributed by atoms with E-state index in [2.05, 4.69) is 4.98 Å².